The van der Waals surface area contributed by atoms with Crippen LogP contribution < -0.4 is 10.6 Å². The molecule has 0 aliphatic heterocycles. The van der Waals surface area contributed by atoms with Crippen LogP contribution in [0, 0.1) is 18.6 Å². The minimum Gasteiger partial charge on any atom is -0.362 e. The average Bonchev–Trinajstić information content (AvgIpc) is 2.51. The Morgan fingerprint density at radius 3 is 2.70 bits per heavy atom. The highest BCUT2D eigenvalue weighted by molar-refractivity contribution is 7.98. The number of nitrogens with one attached hydrogen (secondary N) is 2. The number of aryl methyl sites for hydroxylation is 1. The van der Waals surface area contributed by atoms with Crippen molar-refractivity contribution in [2.24, 2.45) is 0 Å². The highest BCUT2D eigenvalue weighted by Crippen LogP contribution is 2.14. The fourth-order valence-corrected chi connectivity index (χ4v) is 3.00. The molecule has 0 radical (unpaired) electrons. The molecule has 6 heteroatoms. The zero-order valence-corrected chi connectivity index (χ0v) is 14.4. The van der Waals surface area contributed by atoms with E-state index in [0.29, 0.717) is 17.3 Å². The van der Waals surface area contributed by atoms with Gasteiger partial charge in [-0.05, 0) is 36.8 Å². The lowest BCUT2D eigenvalue weighted by Gasteiger charge is -2.10. The van der Waals surface area contributed by atoms with Crippen LogP contribution in [0.15, 0.2) is 42.5 Å². The summed E-state index contributed by atoms with van der Waals surface area (Å²) in [6.45, 7) is 2.78. The van der Waals surface area contributed by atoms with E-state index in [-0.39, 0.29) is 0 Å². The second kappa shape index (κ2) is 8.84. The maximum Gasteiger partial charge on any atom is 0.170 e. The number of hydrogen-bond acceptors (Lipinski definition) is 2. The summed E-state index contributed by atoms with van der Waals surface area (Å²) in [4.78, 5) is 0. The summed E-state index contributed by atoms with van der Waals surface area (Å²) in [6.07, 6.45) is 0. The first kappa shape index (κ1) is 17.7. The van der Waals surface area contributed by atoms with Crippen molar-refractivity contribution in [2.75, 3.05) is 17.6 Å². The van der Waals surface area contributed by atoms with Crippen molar-refractivity contribution in [1.29, 1.82) is 0 Å². The number of rotatable bonds is 6. The van der Waals surface area contributed by atoms with E-state index in [4.69, 9.17) is 12.2 Å². The molecule has 0 aliphatic carbocycles. The third-order valence-corrected chi connectivity index (χ3v) is 4.34. The van der Waals surface area contributed by atoms with Crippen LogP contribution in [-0.4, -0.2) is 17.4 Å². The standard InChI is InChI=1S/C17H18F2N2S2/c1-12-3-2-4-13(9-12)11-23-8-7-20-17(22)21-14-5-6-15(18)16(19)10-14/h2-6,9-10H,7-8,11H2,1H3,(H2,20,21,22). The molecule has 0 saturated heterocycles. The predicted octanol–water partition coefficient (Wildman–Crippen LogP) is 4.49. The summed E-state index contributed by atoms with van der Waals surface area (Å²) >= 11 is 6.93. The Balaban J connectivity index is 1.65. The van der Waals surface area contributed by atoms with Crippen molar-refractivity contribution in [1.82, 2.24) is 5.32 Å². The molecule has 0 saturated carbocycles. The lowest BCUT2D eigenvalue weighted by Crippen LogP contribution is -2.30. The molecular weight excluding hydrogens is 334 g/mol. The first-order valence-corrected chi connectivity index (χ1v) is 8.74. The molecule has 2 aromatic carbocycles. The smallest absolute Gasteiger partial charge is 0.170 e. The molecule has 0 bridgehead atoms. The zero-order valence-electron chi connectivity index (χ0n) is 12.7. The van der Waals surface area contributed by atoms with Gasteiger partial charge in [0.2, 0.25) is 0 Å². The number of thiocarbonyl (C=S) groups is 1. The molecule has 0 amide bonds. The maximum absolute atomic E-state index is 13.1. The first-order valence-electron chi connectivity index (χ1n) is 7.18. The molecule has 0 aromatic heterocycles. The van der Waals surface area contributed by atoms with E-state index in [1.807, 2.05) is 11.8 Å². The zero-order chi connectivity index (χ0) is 16.7. The summed E-state index contributed by atoms with van der Waals surface area (Å²) < 4.78 is 25.9. The topological polar surface area (TPSA) is 24.1 Å². The van der Waals surface area contributed by atoms with Crippen LogP contribution in [0.4, 0.5) is 14.5 Å². The van der Waals surface area contributed by atoms with Crippen LogP contribution in [0.2, 0.25) is 0 Å². The van der Waals surface area contributed by atoms with E-state index in [1.54, 1.807) is 0 Å². The van der Waals surface area contributed by atoms with Gasteiger partial charge in [-0.3, -0.25) is 0 Å². The van der Waals surface area contributed by atoms with Gasteiger partial charge in [0.05, 0.1) is 0 Å². The Bertz CT molecular complexity index is 677. The van der Waals surface area contributed by atoms with Crippen LogP contribution in [0.25, 0.3) is 0 Å². The van der Waals surface area contributed by atoms with Gasteiger partial charge in [-0.25, -0.2) is 8.78 Å². The number of halogens is 2. The summed E-state index contributed by atoms with van der Waals surface area (Å²) in [6, 6.07) is 12.0. The second-order valence-electron chi connectivity index (χ2n) is 5.05. The Labute approximate surface area is 144 Å². The molecule has 2 N–H and O–H groups in total. The Morgan fingerprint density at radius 2 is 1.96 bits per heavy atom. The van der Waals surface area contributed by atoms with Gasteiger partial charge in [0, 0.05) is 29.8 Å². The van der Waals surface area contributed by atoms with Crippen molar-refractivity contribution >= 4 is 34.8 Å². The number of thioether (sulfide) groups is 1. The molecule has 2 aromatic rings. The molecule has 0 unspecified atom stereocenters. The largest absolute Gasteiger partial charge is 0.362 e. The SMILES string of the molecule is Cc1cccc(CSCCNC(=S)Nc2ccc(F)c(F)c2)c1. The van der Waals surface area contributed by atoms with Crippen molar-refractivity contribution in [3.63, 3.8) is 0 Å². The van der Waals surface area contributed by atoms with E-state index in [2.05, 4.69) is 41.8 Å². The molecule has 0 aliphatic rings. The minimum absolute atomic E-state index is 0.396. The molecule has 122 valence electrons. The number of hydrogen-bond donors (Lipinski definition) is 2. The Morgan fingerprint density at radius 1 is 1.13 bits per heavy atom. The third kappa shape index (κ3) is 6.15. The predicted molar refractivity (Wildman–Crippen MR) is 97.9 cm³/mol. The monoisotopic (exact) mass is 352 g/mol. The van der Waals surface area contributed by atoms with Crippen molar-refractivity contribution < 1.29 is 8.78 Å². The summed E-state index contributed by atoms with van der Waals surface area (Å²) in [7, 11) is 0. The van der Waals surface area contributed by atoms with E-state index in [0.717, 1.165) is 23.6 Å². The van der Waals surface area contributed by atoms with Crippen LogP contribution in [0.3, 0.4) is 0 Å². The first-order chi connectivity index (χ1) is 11.0. The highest BCUT2D eigenvalue weighted by atomic mass is 32.2. The van der Waals surface area contributed by atoms with Crippen molar-refractivity contribution in [2.45, 2.75) is 12.7 Å². The third-order valence-electron chi connectivity index (χ3n) is 3.06. The fraction of sp³-hybridized carbons (Fsp3) is 0.235. The average molecular weight is 352 g/mol. The highest BCUT2D eigenvalue weighted by Gasteiger charge is 2.03. The van der Waals surface area contributed by atoms with Crippen LogP contribution >= 0.6 is 24.0 Å². The normalized spacial score (nSPS) is 10.4. The van der Waals surface area contributed by atoms with Crippen LogP contribution in [-0.2, 0) is 5.75 Å². The van der Waals surface area contributed by atoms with Crippen LogP contribution in [0.1, 0.15) is 11.1 Å². The molecule has 23 heavy (non-hydrogen) atoms. The summed E-state index contributed by atoms with van der Waals surface area (Å²) in [5, 5.41) is 6.27. The minimum atomic E-state index is -0.897. The molecule has 0 atom stereocenters. The molecule has 0 heterocycles. The Hall–Kier alpha value is -1.66. The van der Waals surface area contributed by atoms with Gasteiger partial charge in [-0.15, -0.1) is 0 Å². The lowest BCUT2D eigenvalue weighted by molar-refractivity contribution is 0.509. The lowest BCUT2D eigenvalue weighted by atomic mass is 10.2. The van der Waals surface area contributed by atoms with E-state index >= 15 is 0 Å². The molecule has 0 spiro atoms. The van der Waals surface area contributed by atoms with E-state index in [1.165, 1.54) is 17.2 Å². The van der Waals surface area contributed by atoms with Gasteiger partial charge >= 0.3 is 0 Å². The van der Waals surface area contributed by atoms with Crippen molar-refractivity contribution in [3.05, 3.63) is 65.2 Å². The van der Waals surface area contributed by atoms with E-state index in [9.17, 15) is 8.78 Å². The molecular formula is C17H18F2N2S2. The van der Waals surface area contributed by atoms with Crippen molar-refractivity contribution in [3.8, 4) is 0 Å². The quantitative estimate of drug-likeness (QED) is 0.591. The van der Waals surface area contributed by atoms with Gasteiger partial charge in [0.15, 0.2) is 16.7 Å². The van der Waals surface area contributed by atoms with Gasteiger partial charge < -0.3 is 10.6 Å². The number of anilines is 1. The summed E-state index contributed by atoms with van der Waals surface area (Å²) in [5.41, 5.74) is 2.99. The second-order valence-corrected chi connectivity index (χ2v) is 6.56. The van der Waals surface area contributed by atoms with Gasteiger partial charge in [0.1, 0.15) is 0 Å². The molecule has 2 rings (SSSR count). The molecule has 0 fully saturated rings. The van der Waals surface area contributed by atoms with Gasteiger partial charge in [0.25, 0.3) is 0 Å². The summed E-state index contributed by atoms with van der Waals surface area (Å²) in [5.74, 6) is 0.0776. The van der Waals surface area contributed by atoms with Gasteiger partial charge in [-0.2, -0.15) is 11.8 Å². The Kier molecular flexibility index (Phi) is 6.80. The van der Waals surface area contributed by atoms with E-state index < -0.39 is 11.6 Å². The number of benzene rings is 2. The maximum atomic E-state index is 13.1. The molecule has 2 nitrogen and oxygen atoms in total. The fourth-order valence-electron chi connectivity index (χ4n) is 1.98. The van der Waals surface area contributed by atoms with Gasteiger partial charge in [-0.1, -0.05) is 29.8 Å². The van der Waals surface area contributed by atoms with Crippen LogP contribution in [0.5, 0.6) is 0 Å².